The number of hydrogen-bond acceptors (Lipinski definition) is 3. The molecule has 0 aliphatic rings. The molecule has 0 radical (unpaired) electrons. The molecule has 0 aliphatic heterocycles. The topological polar surface area (TPSA) is 64.9 Å². The van der Waals surface area contributed by atoms with E-state index in [1.54, 1.807) is 18.2 Å². The van der Waals surface area contributed by atoms with Gasteiger partial charge in [-0.3, -0.25) is 4.79 Å². The third-order valence-electron chi connectivity index (χ3n) is 3.12. The van der Waals surface area contributed by atoms with Crippen LogP contribution < -0.4 is 10.6 Å². The lowest BCUT2D eigenvalue weighted by molar-refractivity contribution is -0.120. The summed E-state index contributed by atoms with van der Waals surface area (Å²) in [5, 5.41) is 14.8. The molecule has 0 saturated heterocycles. The molecule has 2 rings (SSSR count). The third-order valence-corrected chi connectivity index (χ3v) is 3.12. The number of benzene rings is 2. The van der Waals surface area contributed by atoms with Crippen molar-refractivity contribution in [3.05, 3.63) is 65.7 Å². The van der Waals surface area contributed by atoms with Crippen LogP contribution in [0.15, 0.2) is 54.6 Å². The van der Waals surface area contributed by atoms with E-state index < -0.39 is 0 Å². The summed E-state index contributed by atoms with van der Waals surface area (Å²) in [5.74, 6) is -0.0892. The Hall–Kier alpha value is -2.80. The Morgan fingerprint density at radius 2 is 1.95 bits per heavy atom. The van der Waals surface area contributed by atoms with Crippen LogP contribution in [0.3, 0.4) is 0 Å². The number of nitrogens with zero attached hydrogens (tertiary/aromatic N) is 1. The molecule has 106 valence electrons. The zero-order valence-electron chi connectivity index (χ0n) is 11.8. The fraction of sp³-hybridized carbons (Fsp3) is 0.176. The van der Waals surface area contributed by atoms with Gasteiger partial charge in [0.1, 0.15) is 0 Å². The molecule has 4 nitrogen and oxygen atoms in total. The Morgan fingerprint density at radius 1 is 1.19 bits per heavy atom. The first kappa shape index (κ1) is 14.6. The number of nitriles is 1. The maximum atomic E-state index is 11.9. The van der Waals surface area contributed by atoms with Gasteiger partial charge in [0.2, 0.25) is 5.91 Å². The van der Waals surface area contributed by atoms with Gasteiger partial charge in [-0.15, -0.1) is 0 Å². The lowest BCUT2D eigenvalue weighted by Gasteiger charge is -2.15. The average Bonchev–Trinajstić information content (AvgIpc) is 2.54. The summed E-state index contributed by atoms with van der Waals surface area (Å²) in [6, 6.07) is 18.9. The Bertz CT molecular complexity index is 647. The molecule has 0 spiro atoms. The molecule has 0 bridgehead atoms. The number of amides is 1. The summed E-state index contributed by atoms with van der Waals surface area (Å²) >= 11 is 0. The second-order valence-corrected chi connectivity index (χ2v) is 4.75. The van der Waals surface area contributed by atoms with Crippen molar-refractivity contribution in [2.75, 3.05) is 11.9 Å². The lowest BCUT2D eigenvalue weighted by Crippen LogP contribution is -2.32. The second kappa shape index (κ2) is 7.11. The zero-order chi connectivity index (χ0) is 15.1. The SMILES string of the molecule is CC(NC(=O)CNc1cccc(C#N)c1)c1ccccc1. The molecule has 1 amide bonds. The van der Waals surface area contributed by atoms with Crippen LogP contribution in [0.2, 0.25) is 0 Å². The van der Waals surface area contributed by atoms with Gasteiger partial charge >= 0.3 is 0 Å². The first-order valence-electron chi connectivity index (χ1n) is 6.77. The van der Waals surface area contributed by atoms with Crippen LogP contribution in [0.4, 0.5) is 5.69 Å². The largest absolute Gasteiger partial charge is 0.376 e. The molecule has 0 aliphatic carbocycles. The van der Waals surface area contributed by atoms with Gasteiger partial charge in [0, 0.05) is 5.69 Å². The van der Waals surface area contributed by atoms with Crippen molar-refractivity contribution in [3.8, 4) is 6.07 Å². The number of nitrogens with one attached hydrogen (secondary N) is 2. The van der Waals surface area contributed by atoms with Gasteiger partial charge in [0.25, 0.3) is 0 Å². The van der Waals surface area contributed by atoms with E-state index in [-0.39, 0.29) is 18.5 Å². The van der Waals surface area contributed by atoms with Crippen molar-refractivity contribution in [2.45, 2.75) is 13.0 Å². The van der Waals surface area contributed by atoms with Gasteiger partial charge in [0.05, 0.1) is 24.2 Å². The monoisotopic (exact) mass is 279 g/mol. The summed E-state index contributed by atoms with van der Waals surface area (Å²) in [7, 11) is 0. The van der Waals surface area contributed by atoms with Gasteiger partial charge in [-0.25, -0.2) is 0 Å². The lowest BCUT2D eigenvalue weighted by atomic mass is 10.1. The molecule has 1 unspecified atom stereocenters. The molecule has 4 heteroatoms. The van der Waals surface area contributed by atoms with Crippen molar-refractivity contribution >= 4 is 11.6 Å². The van der Waals surface area contributed by atoms with E-state index in [2.05, 4.69) is 16.7 Å². The highest BCUT2D eigenvalue weighted by atomic mass is 16.1. The van der Waals surface area contributed by atoms with Crippen LogP contribution in [0, 0.1) is 11.3 Å². The van der Waals surface area contributed by atoms with Crippen molar-refractivity contribution < 1.29 is 4.79 Å². The standard InChI is InChI=1S/C17H17N3O/c1-13(15-7-3-2-4-8-15)20-17(21)12-19-16-9-5-6-14(10-16)11-18/h2-10,13,19H,12H2,1H3,(H,20,21). The van der Waals surface area contributed by atoms with Crippen molar-refractivity contribution in [1.29, 1.82) is 5.26 Å². The fourth-order valence-corrected chi connectivity index (χ4v) is 2.00. The van der Waals surface area contributed by atoms with E-state index in [1.165, 1.54) is 0 Å². The second-order valence-electron chi connectivity index (χ2n) is 4.75. The van der Waals surface area contributed by atoms with Crippen LogP contribution >= 0.6 is 0 Å². The molecule has 2 aromatic rings. The Kier molecular flexibility index (Phi) is 4.94. The van der Waals surface area contributed by atoms with E-state index in [0.717, 1.165) is 11.3 Å². The average molecular weight is 279 g/mol. The smallest absolute Gasteiger partial charge is 0.239 e. The normalized spacial score (nSPS) is 11.2. The Morgan fingerprint density at radius 3 is 2.67 bits per heavy atom. The van der Waals surface area contributed by atoms with E-state index >= 15 is 0 Å². The molecule has 0 aromatic heterocycles. The molecule has 2 N–H and O–H groups in total. The molecule has 1 atom stereocenters. The van der Waals surface area contributed by atoms with Crippen LogP contribution in [-0.4, -0.2) is 12.5 Å². The molecule has 0 fully saturated rings. The summed E-state index contributed by atoms with van der Waals surface area (Å²) in [4.78, 5) is 11.9. The number of hydrogen-bond donors (Lipinski definition) is 2. The molecular formula is C17H17N3O. The molecule has 0 saturated carbocycles. The highest BCUT2D eigenvalue weighted by Crippen LogP contribution is 2.11. The first-order chi connectivity index (χ1) is 10.2. The maximum Gasteiger partial charge on any atom is 0.239 e. The van der Waals surface area contributed by atoms with E-state index in [9.17, 15) is 4.79 Å². The van der Waals surface area contributed by atoms with Crippen LogP contribution in [0.25, 0.3) is 0 Å². The van der Waals surface area contributed by atoms with Crippen LogP contribution in [-0.2, 0) is 4.79 Å². The molecule has 2 aromatic carbocycles. The van der Waals surface area contributed by atoms with Crippen LogP contribution in [0.5, 0.6) is 0 Å². The number of anilines is 1. The van der Waals surface area contributed by atoms with Gasteiger partial charge in [-0.1, -0.05) is 36.4 Å². The molecule has 21 heavy (non-hydrogen) atoms. The molecular weight excluding hydrogens is 262 g/mol. The van der Waals surface area contributed by atoms with Gasteiger partial charge < -0.3 is 10.6 Å². The fourth-order valence-electron chi connectivity index (χ4n) is 2.00. The van der Waals surface area contributed by atoms with Crippen molar-refractivity contribution in [2.24, 2.45) is 0 Å². The summed E-state index contributed by atoms with van der Waals surface area (Å²) < 4.78 is 0. The van der Waals surface area contributed by atoms with E-state index in [0.29, 0.717) is 5.56 Å². The summed E-state index contributed by atoms with van der Waals surface area (Å²) in [5.41, 5.74) is 2.40. The van der Waals surface area contributed by atoms with E-state index in [1.807, 2.05) is 43.3 Å². The summed E-state index contributed by atoms with van der Waals surface area (Å²) in [6.45, 7) is 2.12. The zero-order valence-corrected chi connectivity index (χ0v) is 11.8. The minimum Gasteiger partial charge on any atom is -0.376 e. The number of carbonyl (C=O) groups is 1. The Balaban J connectivity index is 1.86. The highest BCUT2D eigenvalue weighted by molar-refractivity contribution is 5.81. The minimum atomic E-state index is -0.0892. The van der Waals surface area contributed by atoms with E-state index in [4.69, 9.17) is 5.26 Å². The predicted octanol–water partition coefficient (Wildman–Crippen LogP) is 2.85. The van der Waals surface area contributed by atoms with Crippen molar-refractivity contribution in [1.82, 2.24) is 5.32 Å². The minimum absolute atomic E-state index is 0.0362. The summed E-state index contributed by atoms with van der Waals surface area (Å²) in [6.07, 6.45) is 0. The quantitative estimate of drug-likeness (QED) is 0.884. The predicted molar refractivity (Wildman–Crippen MR) is 82.6 cm³/mol. The highest BCUT2D eigenvalue weighted by Gasteiger charge is 2.08. The number of rotatable bonds is 5. The van der Waals surface area contributed by atoms with Crippen LogP contribution in [0.1, 0.15) is 24.1 Å². The van der Waals surface area contributed by atoms with Crippen molar-refractivity contribution in [3.63, 3.8) is 0 Å². The van der Waals surface area contributed by atoms with Gasteiger partial charge in [-0.2, -0.15) is 5.26 Å². The van der Waals surface area contributed by atoms with Gasteiger partial charge in [0.15, 0.2) is 0 Å². The maximum absolute atomic E-state index is 11.9. The first-order valence-corrected chi connectivity index (χ1v) is 6.77. The van der Waals surface area contributed by atoms with Gasteiger partial charge in [-0.05, 0) is 30.7 Å². The molecule has 0 heterocycles. The third kappa shape index (κ3) is 4.36. The Labute approximate surface area is 124 Å². The number of carbonyl (C=O) groups excluding carboxylic acids is 1.